The summed E-state index contributed by atoms with van der Waals surface area (Å²) in [4.78, 5) is 12.6. The number of rotatable bonds is 9. The molecule has 0 aromatic heterocycles. The zero-order valence-electron chi connectivity index (χ0n) is 19.9. The molecule has 0 saturated carbocycles. The normalized spacial score (nSPS) is 11.2. The molecule has 0 heterocycles. The third kappa shape index (κ3) is 6.53. The Hall–Kier alpha value is -3.61. The van der Waals surface area contributed by atoms with Gasteiger partial charge in [0.05, 0.1) is 18.5 Å². The molecule has 184 valence electrons. The lowest BCUT2D eigenvalue weighted by Gasteiger charge is -2.25. The zero-order chi connectivity index (χ0) is 25.5. The van der Waals surface area contributed by atoms with E-state index >= 15 is 0 Å². The van der Waals surface area contributed by atoms with E-state index in [1.165, 1.54) is 10.6 Å². The summed E-state index contributed by atoms with van der Waals surface area (Å²) in [6.07, 6.45) is 1.91. The largest absolute Gasteiger partial charge is 0.352 e. The Kier molecular flexibility index (Phi) is 8.08. The number of anilines is 1. The number of para-hydroxylation sites is 1. The van der Waals surface area contributed by atoms with Crippen LogP contribution in [0.25, 0.3) is 11.1 Å². The van der Waals surface area contributed by atoms with E-state index in [-0.39, 0.29) is 12.5 Å². The minimum Gasteiger partial charge on any atom is -0.352 e. The molecule has 0 aliphatic carbocycles. The van der Waals surface area contributed by atoms with Crippen molar-refractivity contribution in [1.82, 2.24) is 5.32 Å². The van der Waals surface area contributed by atoms with Crippen molar-refractivity contribution in [2.45, 2.75) is 13.0 Å². The summed E-state index contributed by atoms with van der Waals surface area (Å²) in [5.41, 5.74) is 4.76. The number of nitrogens with one attached hydrogen (secondary N) is 1. The number of nitrogens with zero attached hydrogens (tertiary/aromatic N) is 1. The Labute approximate surface area is 217 Å². The number of carbonyl (C=O) groups is 1. The molecule has 5 nitrogen and oxygen atoms in total. The number of hydrogen-bond acceptors (Lipinski definition) is 3. The lowest BCUT2D eigenvalue weighted by atomic mass is 10.0. The highest BCUT2D eigenvalue weighted by Gasteiger charge is 2.21. The van der Waals surface area contributed by atoms with Crippen LogP contribution in [0.1, 0.15) is 21.5 Å². The predicted octanol–water partition coefficient (Wildman–Crippen LogP) is 5.95. The molecule has 4 aromatic carbocycles. The number of halogens is 1. The van der Waals surface area contributed by atoms with Crippen molar-refractivity contribution >= 4 is 33.2 Å². The van der Waals surface area contributed by atoms with Gasteiger partial charge in [-0.2, -0.15) is 0 Å². The van der Waals surface area contributed by atoms with Gasteiger partial charge in [0.25, 0.3) is 5.91 Å². The summed E-state index contributed by atoms with van der Waals surface area (Å²) in [6, 6.07) is 31.7. The minimum atomic E-state index is -3.57. The molecule has 0 bridgehead atoms. The van der Waals surface area contributed by atoms with Gasteiger partial charge in [-0.25, -0.2) is 8.42 Å². The number of hydrogen-bond donors (Lipinski definition) is 1. The van der Waals surface area contributed by atoms with E-state index in [9.17, 15) is 13.2 Å². The third-order valence-corrected chi connectivity index (χ3v) is 7.19. The fourth-order valence-electron chi connectivity index (χ4n) is 3.93. The summed E-state index contributed by atoms with van der Waals surface area (Å²) in [5.74, 6) is -0.176. The van der Waals surface area contributed by atoms with Crippen molar-refractivity contribution in [1.29, 1.82) is 0 Å². The molecule has 0 spiro atoms. The van der Waals surface area contributed by atoms with E-state index in [0.717, 1.165) is 22.3 Å². The van der Waals surface area contributed by atoms with Gasteiger partial charge in [-0.3, -0.25) is 9.10 Å². The second-order valence-electron chi connectivity index (χ2n) is 8.48. The Morgan fingerprint density at radius 1 is 0.806 bits per heavy atom. The zero-order valence-corrected chi connectivity index (χ0v) is 21.5. The molecule has 1 amide bonds. The van der Waals surface area contributed by atoms with E-state index in [4.69, 9.17) is 11.6 Å². The van der Waals surface area contributed by atoms with E-state index in [1.54, 1.807) is 24.3 Å². The van der Waals surface area contributed by atoms with E-state index in [0.29, 0.717) is 29.2 Å². The Morgan fingerprint density at radius 2 is 1.42 bits per heavy atom. The number of amides is 1. The van der Waals surface area contributed by atoms with Crippen LogP contribution in [0.3, 0.4) is 0 Å². The van der Waals surface area contributed by atoms with E-state index in [1.807, 2.05) is 78.9 Å². The quantitative estimate of drug-likeness (QED) is 0.298. The van der Waals surface area contributed by atoms with Crippen molar-refractivity contribution < 1.29 is 13.2 Å². The van der Waals surface area contributed by atoms with Crippen molar-refractivity contribution in [3.63, 3.8) is 0 Å². The molecule has 0 saturated heterocycles. The topological polar surface area (TPSA) is 66.5 Å². The standard InChI is InChI=1S/C29H27ClN2O3S/c1-36(34,35)32(28-10-6-5-9-27(28)24-7-3-2-4-8-24)21-23-11-15-25(16-12-23)29(33)31-20-19-22-13-17-26(30)18-14-22/h2-18H,19-21H2,1H3,(H,31,33). The van der Waals surface area contributed by atoms with Crippen LogP contribution < -0.4 is 9.62 Å². The fourth-order valence-corrected chi connectivity index (χ4v) is 4.96. The Bertz CT molecular complexity index is 1420. The summed E-state index contributed by atoms with van der Waals surface area (Å²) >= 11 is 5.91. The highest BCUT2D eigenvalue weighted by atomic mass is 35.5. The summed E-state index contributed by atoms with van der Waals surface area (Å²) < 4.78 is 27.0. The van der Waals surface area contributed by atoms with Gasteiger partial charge in [-0.15, -0.1) is 0 Å². The second kappa shape index (κ2) is 11.4. The lowest BCUT2D eigenvalue weighted by Crippen LogP contribution is -2.30. The highest BCUT2D eigenvalue weighted by molar-refractivity contribution is 7.92. The van der Waals surface area contributed by atoms with Crippen LogP contribution in [0, 0.1) is 0 Å². The molecule has 7 heteroatoms. The summed E-state index contributed by atoms with van der Waals surface area (Å²) in [7, 11) is -3.57. The molecule has 0 unspecified atom stereocenters. The van der Waals surface area contributed by atoms with E-state index in [2.05, 4.69) is 5.32 Å². The second-order valence-corrected chi connectivity index (χ2v) is 10.8. The Morgan fingerprint density at radius 3 is 2.08 bits per heavy atom. The minimum absolute atomic E-state index is 0.154. The number of sulfonamides is 1. The average Bonchev–Trinajstić information content (AvgIpc) is 2.88. The maximum Gasteiger partial charge on any atom is 0.251 e. The molecule has 0 fully saturated rings. The van der Waals surface area contributed by atoms with Gasteiger partial charge in [-0.1, -0.05) is 84.4 Å². The molecule has 36 heavy (non-hydrogen) atoms. The monoisotopic (exact) mass is 518 g/mol. The van der Waals surface area contributed by atoms with Gasteiger partial charge < -0.3 is 5.32 Å². The van der Waals surface area contributed by atoms with Gasteiger partial charge in [0, 0.05) is 22.7 Å². The number of carbonyl (C=O) groups excluding carboxylic acids is 1. The van der Waals surface area contributed by atoms with Crippen molar-refractivity contribution in [3.05, 3.63) is 125 Å². The van der Waals surface area contributed by atoms with Crippen LogP contribution in [0.2, 0.25) is 5.02 Å². The molecule has 4 rings (SSSR count). The first kappa shape index (κ1) is 25.5. The maximum atomic E-state index is 12.8. The van der Waals surface area contributed by atoms with Crippen LogP contribution in [-0.4, -0.2) is 27.1 Å². The molecule has 0 aliphatic heterocycles. The van der Waals surface area contributed by atoms with Crippen molar-refractivity contribution in [2.24, 2.45) is 0 Å². The first-order valence-electron chi connectivity index (χ1n) is 11.5. The first-order chi connectivity index (χ1) is 17.3. The highest BCUT2D eigenvalue weighted by Crippen LogP contribution is 2.33. The van der Waals surface area contributed by atoms with Crippen LogP contribution >= 0.6 is 11.6 Å². The lowest BCUT2D eigenvalue weighted by molar-refractivity contribution is 0.0954. The molecule has 0 radical (unpaired) electrons. The molecule has 1 N–H and O–H groups in total. The van der Waals surface area contributed by atoms with E-state index < -0.39 is 10.0 Å². The summed E-state index contributed by atoms with van der Waals surface area (Å²) in [6.45, 7) is 0.654. The van der Waals surface area contributed by atoms with Gasteiger partial charge in [0.15, 0.2) is 0 Å². The molecule has 0 atom stereocenters. The number of benzene rings is 4. The smallest absolute Gasteiger partial charge is 0.251 e. The molecule has 4 aromatic rings. The third-order valence-electron chi connectivity index (χ3n) is 5.81. The molecule has 0 aliphatic rings. The summed E-state index contributed by atoms with van der Waals surface area (Å²) in [5, 5.41) is 3.60. The first-order valence-corrected chi connectivity index (χ1v) is 13.8. The fraction of sp³-hybridized carbons (Fsp3) is 0.138. The van der Waals surface area contributed by atoms with Crippen LogP contribution in [-0.2, 0) is 23.0 Å². The van der Waals surface area contributed by atoms with Gasteiger partial charge in [0.1, 0.15) is 0 Å². The van der Waals surface area contributed by atoms with Crippen LogP contribution in [0.15, 0.2) is 103 Å². The van der Waals surface area contributed by atoms with Gasteiger partial charge >= 0.3 is 0 Å². The van der Waals surface area contributed by atoms with Gasteiger partial charge in [0.2, 0.25) is 10.0 Å². The van der Waals surface area contributed by atoms with Crippen molar-refractivity contribution in [3.8, 4) is 11.1 Å². The van der Waals surface area contributed by atoms with Gasteiger partial charge in [-0.05, 0) is 53.4 Å². The Balaban J connectivity index is 1.47. The van der Waals surface area contributed by atoms with Crippen LogP contribution in [0.4, 0.5) is 5.69 Å². The van der Waals surface area contributed by atoms with Crippen LogP contribution in [0.5, 0.6) is 0 Å². The average molecular weight is 519 g/mol. The maximum absolute atomic E-state index is 12.8. The predicted molar refractivity (Wildman–Crippen MR) is 147 cm³/mol. The molecular weight excluding hydrogens is 492 g/mol. The van der Waals surface area contributed by atoms with Crippen molar-refractivity contribution in [2.75, 3.05) is 17.1 Å². The molecular formula is C29H27ClN2O3S. The SMILES string of the molecule is CS(=O)(=O)N(Cc1ccc(C(=O)NCCc2ccc(Cl)cc2)cc1)c1ccccc1-c1ccccc1.